The fourth-order valence-electron chi connectivity index (χ4n) is 7.71. The number of ether oxygens (including phenoxy) is 2. The molecule has 4 aliphatic heterocycles. The van der Waals surface area contributed by atoms with E-state index in [1.165, 1.54) is 25.7 Å². The summed E-state index contributed by atoms with van der Waals surface area (Å²) in [5, 5.41) is 13.2. The monoisotopic (exact) mass is 520 g/mol. The predicted octanol–water partition coefficient (Wildman–Crippen LogP) is 5.25. The van der Waals surface area contributed by atoms with Crippen LogP contribution in [0.4, 0.5) is 11.8 Å². The first-order valence-corrected chi connectivity index (χ1v) is 14.7. The SMILES string of the molecule is COc1ccccc1-c1csc2nc(N3C4CCC3CC(CO)C4)nc(N3C4CCC3CC(OC)C4)c12. The summed E-state index contributed by atoms with van der Waals surface area (Å²) in [5.74, 6) is 3.25. The largest absolute Gasteiger partial charge is 0.496 e. The third-order valence-electron chi connectivity index (χ3n) is 9.39. The van der Waals surface area contributed by atoms with E-state index in [1.807, 2.05) is 19.2 Å². The van der Waals surface area contributed by atoms with Crippen molar-refractivity contribution in [3.63, 3.8) is 0 Å². The van der Waals surface area contributed by atoms with E-state index in [4.69, 9.17) is 19.4 Å². The molecular formula is C29H36N4O3S. The van der Waals surface area contributed by atoms with Crippen molar-refractivity contribution >= 4 is 33.3 Å². The second-order valence-corrected chi connectivity index (χ2v) is 12.2. The Hall–Kier alpha value is -2.42. The van der Waals surface area contributed by atoms with E-state index >= 15 is 0 Å². The van der Waals surface area contributed by atoms with Crippen LogP contribution >= 0.6 is 11.3 Å². The number of methoxy groups -OCH3 is 2. The van der Waals surface area contributed by atoms with Crippen LogP contribution in [-0.2, 0) is 4.74 Å². The maximum atomic E-state index is 9.85. The molecule has 37 heavy (non-hydrogen) atoms. The highest BCUT2D eigenvalue weighted by Crippen LogP contribution is 2.49. The molecule has 0 saturated carbocycles. The average Bonchev–Trinajstić information content (AvgIpc) is 3.56. The number of hydrogen-bond donors (Lipinski definition) is 1. The molecule has 196 valence electrons. The highest BCUT2D eigenvalue weighted by molar-refractivity contribution is 7.17. The number of nitrogens with zero attached hydrogens (tertiary/aromatic N) is 4. The van der Waals surface area contributed by atoms with Gasteiger partial charge in [0, 0.05) is 54.4 Å². The fraction of sp³-hybridized carbons (Fsp3) is 0.586. The van der Waals surface area contributed by atoms with Crippen molar-refractivity contribution in [2.24, 2.45) is 5.92 Å². The summed E-state index contributed by atoms with van der Waals surface area (Å²) in [6.07, 6.45) is 9.20. The summed E-state index contributed by atoms with van der Waals surface area (Å²) in [5.41, 5.74) is 2.26. The van der Waals surface area contributed by atoms with Crippen molar-refractivity contribution in [2.75, 3.05) is 30.6 Å². The maximum absolute atomic E-state index is 9.85. The van der Waals surface area contributed by atoms with Crippen molar-refractivity contribution in [1.82, 2.24) is 9.97 Å². The molecule has 0 spiro atoms. The Bertz CT molecular complexity index is 1270. The molecule has 4 saturated heterocycles. The molecule has 4 bridgehead atoms. The molecule has 7 rings (SSSR count). The van der Waals surface area contributed by atoms with Gasteiger partial charge in [0.2, 0.25) is 5.95 Å². The van der Waals surface area contributed by atoms with E-state index < -0.39 is 0 Å². The summed E-state index contributed by atoms with van der Waals surface area (Å²) < 4.78 is 11.6. The van der Waals surface area contributed by atoms with E-state index in [9.17, 15) is 5.11 Å². The van der Waals surface area contributed by atoms with Gasteiger partial charge in [-0.25, -0.2) is 4.98 Å². The molecular weight excluding hydrogens is 484 g/mol. The van der Waals surface area contributed by atoms with Crippen LogP contribution in [0.2, 0.25) is 0 Å². The molecule has 2 aromatic heterocycles. The summed E-state index contributed by atoms with van der Waals surface area (Å²) >= 11 is 1.72. The zero-order valence-electron chi connectivity index (χ0n) is 21.7. The molecule has 1 N–H and O–H groups in total. The van der Waals surface area contributed by atoms with Crippen LogP contribution in [0.25, 0.3) is 21.3 Å². The Morgan fingerprint density at radius 3 is 2.22 bits per heavy atom. The van der Waals surface area contributed by atoms with Gasteiger partial charge >= 0.3 is 0 Å². The van der Waals surface area contributed by atoms with Crippen LogP contribution in [0.15, 0.2) is 29.6 Å². The molecule has 7 nitrogen and oxygen atoms in total. The van der Waals surface area contributed by atoms with Gasteiger partial charge in [-0.2, -0.15) is 4.98 Å². The molecule has 4 unspecified atom stereocenters. The van der Waals surface area contributed by atoms with Crippen LogP contribution in [0, 0.1) is 5.92 Å². The molecule has 1 aromatic carbocycles. The molecule has 4 fully saturated rings. The lowest BCUT2D eigenvalue weighted by atomic mass is 9.92. The van der Waals surface area contributed by atoms with Gasteiger partial charge in [0.1, 0.15) is 16.4 Å². The van der Waals surface area contributed by atoms with Gasteiger partial charge < -0.3 is 24.4 Å². The molecule has 3 aromatic rings. The van der Waals surface area contributed by atoms with E-state index in [-0.39, 0.29) is 6.61 Å². The van der Waals surface area contributed by atoms with E-state index in [2.05, 4.69) is 27.3 Å². The quantitative estimate of drug-likeness (QED) is 0.476. The van der Waals surface area contributed by atoms with Crippen LogP contribution < -0.4 is 14.5 Å². The summed E-state index contributed by atoms with van der Waals surface area (Å²) in [6, 6.07) is 10.0. The smallest absolute Gasteiger partial charge is 0.229 e. The minimum absolute atomic E-state index is 0.289. The maximum Gasteiger partial charge on any atom is 0.229 e. The van der Waals surface area contributed by atoms with E-state index in [1.54, 1.807) is 18.4 Å². The first kappa shape index (κ1) is 23.7. The molecule has 0 radical (unpaired) electrons. The van der Waals surface area contributed by atoms with Crippen molar-refractivity contribution in [2.45, 2.75) is 81.6 Å². The number of para-hydroxylation sites is 1. The van der Waals surface area contributed by atoms with Crippen molar-refractivity contribution in [1.29, 1.82) is 0 Å². The molecule has 0 amide bonds. The third-order valence-corrected chi connectivity index (χ3v) is 10.3. The Morgan fingerprint density at radius 2 is 1.57 bits per heavy atom. The van der Waals surface area contributed by atoms with Gasteiger partial charge in [0.25, 0.3) is 0 Å². The number of benzene rings is 1. The highest BCUT2D eigenvalue weighted by Gasteiger charge is 2.45. The number of anilines is 2. The van der Waals surface area contributed by atoms with Gasteiger partial charge in [-0.3, -0.25) is 0 Å². The lowest BCUT2D eigenvalue weighted by Gasteiger charge is -2.41. The van der Waals surface area contributed by atoms with E-state index in [0.717, 1.165) is 64.5 Å². The van der Waals surface area contributed by atoms with Gasteiger partial charge in [-0.1, -0.05) is 18.2 Å². The lowest BCUT2D eigenvalue weighted by molar-refractivity contribution is 0.0682. The van der Waals surface area contributed by atoms with Gasteiger partial charge in [0.15, 0.2) is 0 Å². The molecule has 8 heteroatoms. The number of thiophene rings is 1. The van der Waals surface area contributed by atoms with Crippen LogP contribution in [-0.4, -0.2) is 66.2 Å². The molecule has 4 aliphatic rings. The zero-order valence-corrected chi connectivity index (χ0v) is 22.5. The van der Waals surface area contributed by atoms with Crippen LogP contribution in [0.3, 0.4) is 0 Å². The number of aliphatic hydroxyl groups is 1. The number of hydrogen-bond acceptors (Lipinski definition) is 8. The van der Waals surface area contributed by atoms with Crippen LogP contribution in [0.5, 0.6) is 5.75 Å². The Labute approximate surface area is 222 Å². The summed E-state index contributed by atoms with van der Waals surface area (Å²) in [6.45, 7) is 0.289. The Balaban J connectivity index is 1.39. The summed E-state index contributed by atoms with van der Waals surface area (Å²) in [4.78, 5) is 16.9. The minimum atomic E-state index is 0.289. The number of rotatable bonds is 6. The molecule has 0 aliphatic carbocycles. The van der Waals surface area contributed by atoms with Crippen LogP contribution in [0.1, 0.15) is 51.4 Å². The van der Waals surface area contributed by atoms with Gasteiger partial charge in [-0.15, -0.1) is 11.3 Å². The fourth-order valence-corrected chi connectivity index (χ4v) is 8.64. The van der Waals surface area contributed by atoms with Crippen molar-refractivity contribution in [3.05, 3.63) is 29.6 Å². The third kappa shape index (κ3) is 3.82. The predicted molar refractivity (Wildman–Crippen MR) is 148 cm³/mol. The van der Waals surface area contributed by atoms with Gasteiger partial charge in [0.05, 0.1) is 18.6 Å². The first-order valence-electron chi connectivity index (χ1n) is 13.8. The Morgan fingerprint density at radius 1 is 0.892 bits per heavy atom. The number of aromatic nitrogens is 2. The van der Waals surface area contributed by atoms with Gasteiger partial charge in [-0.05, 0) is 63.4 Å². The average molecular weight is 521 g/mol. The van der Waals surface area contributed by atoms with Crippen molar-refractivity contribution < 1.29 is 14.6 Å². The standard InChI is InChI=1S/C29H36N4O3S/c1-35-22-13-20-9-10-21(14-22)32(20)27-26-24(23-5-3-4-6-25(23)36-2)16-37-28(26)31-29(30-27)33-18-7-8-19(33)12-17(11-18)15-34/h3-6,16-22,34H,7-15H2,1-2H3. The van der Waals surface area contributed by atoms with Crippen molar-refractivity contribution in [3.8, 4) is 16.9 Å². The normalized spacial score (nSPS) is 30.9. The number of aliphatic hydroxyl groups excluding tert-OH is 1. The molecule has 6 heterocycles. The number of fused-ring (bicyclic) bond motifs is 5. The minimum Gasteiger partial charge on any atom is -0.496 e. The zero-order chi connectivity index (χ0) is 25.1. The molecule has 4 atom stereocenters. The first-order chi connectivity index (χ1) is 18.2. The van der Waals surface area contributed by atoms with E-state index in [0.29, 0.717) is 36.2 Å². The second-order valence-electron chi connectivity index (χ2n) is 11.3. The second kappa shape index (κ2) is 9.40. The lowest BCUT2D eigenvalue weighted by Crippen LogP contribution is -2.47. The Kier molecular flexibility index (Phi) is 6.02. The number of piperidine rings is 2. The highest BCUT2D eigenvalue weighted by atomic mass is 32.1. The summed E-state index contributed by atoms with van der Waals surface area (Å²) in [7, 11) is 3.59. The topological polar surface area (TPSA) is 71.0 Å².